The third kappa shape index (κ3) is 2.05. The monoisotopic (exact) mass is 261 g/mol. The van der Waals surface area contributed by atoms with E-state index in [-0.39, 0.29) is 24.0 Å². The van der Waals surface area contributed by atoms with Crippen molar-refractivity contribution in [2.24, 2.45) is 0 Å². The highest BCUT2D eigenvalue weighted by Crippen LogP contribution is 2.32. The van der Waals surface area contributed by atoms with E-state index in [4.69, 9.17) is 9.47 Å². The Morgan fingerprint density at radius 3 is 2.47 bits per heavy atom. The highest BCUT2D eigenvalue weighted by atomic mass is 16.6. The van der Waals surface area contributed by atoms with Crippen LogP contribution in [0.5, 0.6) is 11.5 Å². The first kappa shape index (κ1) is 12.0. The number of fused-ring (bicyclic) bond motifs is 1. The molecule has 2 aliphatic heterocycles. The van der Waals surface area contributed by atoms with Crippen molar-refractivity contribution < 1.29 is 19.1 Å². The lowest BCUT2D eigenvalue weighted by Crippen LogP contribution is -2.50. The molecule has 0 spiro atoms. The molecule has 100 valence electrons. The maximum atomic E-state index is 11.7. The molecule has 0 radical (unpaired) electrons. The Labute approximate surface area is 111 Å². The number of carbonyl (C=O) groups is 2. The summed E-state index contributed by atoms with van der Waals surface area (Å²) >= 11 is 0. The quantitative estimate of drug-likeness (QED) is 0.754. The van der Waals surface area contributed by atoms with Crippen molar-refractivity contribution in [2.45, 2.75) is 31.9 Å². The fraction of sp³-hybridized carbons (Fsp3) is 0.429. The van der Waals surface area contributed by atoms with Crippen molar-refractivity contribution in [1.29, 1.82) is 0 Å². The van der Waals surface area contributed by atoms with Crippen LogP contribution in [-0.4, -0.2) is 35.5 Å². The number of ether oxygens (including phenoxy) is 2. The molecule has 0 saturated carbocycles. The van der Waals surface area contributed by atoms with E-state index in [1.165, 1.54) is 4.90 Å². The SMILES string of the molecule is CC(C1COc2ccccc2O1)N1C(=O)CCC1=O. The van der Waals surface area contributed by atoms with Crippen LogP contribution in [0, 0.1) is 0 Å². The van der Waals surface area contributed by atoms with Crippen LogP contribution in [-0.2, 0) is 9.59 Å². The zero-order chi connectivity index (χ0) is 13.4. The van der Waals surface area contributed by atoms with Crippen molar-refractivity contribution in [3.05, 3.63) is 24.3 Å². The van der Waals surface area contributed by atoms with Crippen molar-refractivity contribution in [3.8, 4) is 11.5 Å². The predicted molar refractivity (Wildman–Crippen MR) is 66.9 cm³/mol. The Morgan fingerprint density at radius 1 is 1.16 bits per heavy atom. The Morgan fingerprint density at radius 2 is 1.79 bits per heavy atom. The standard InChI is InChI=1S/C14H15NO4/c1-9(15-13(16)6-7-14(15)17)12-8-18-10-4-2-3-5-11(10)19-12/h2-5,9,12H,6-8H2,1H3. The van der Waals surface area contributed by atoms with Gasteiger partial charge >= 0.3 is 0 Å². The number of rotatable bonds is 2. The van der Waals surface area contributed by atoms with Crippen molar-refractivity contribution in [3.63, 3.8) is 0 Å². The number of amides is 2. The Hall–Kier alpha value is -2.04. The van der Waals surface area contributed by atoms with E-state index in [1.807, 2.05) is 31.2 Å². The van der Waals surface area contributed by atoms with Crippen LogP contribution in [0.25, 0.3) is 0 Å². The summed E-state index contributed by atoms with van der Waals surface area (Å²) in [7, 11) is 0. The molecule has 2 atom stereocenters. The Balaban J connectivity index is 1.77. The zero-order valence-corrected chi connectivity index (χ0v) is 10.7. The molecule has 1 aromatic rings. The minimum Gasteiger partial charge on any atom is -0.486 e. The molecule has 1 aromatic carbocycles. The van der Waals surface area contributed by atoms with E-state index in [2.05, 4.69) is 0 Å². The first-order valence-electron chi connectivity index (χ1n) is 6.40. The minimum atomic E-state index is -0.319. The number of likely N-dealkylation sites (tertiary alicyclic amines) is 1. The molecule has 1 fully saturated rings. The van der Waals surface area contributed by atoms with Crippen molar-refractivity contribution in [1.82, 2.24) is 4.90 Å². The number of para-hydroxylation sites is 2. The van der Waals surface area contributed by atoms with Gasteiger partial charge in [0.15, 0.2) is 17.6 Å². The largest absolute Gasteiger partial charge is 0.486 e. The summed E-state index contributed by atoms with van der Waals surface area (Å²) in [5, 5.41) is 0. The average molecular weight is 261 g/mol. The lowest BCUT2D eigenvalue weighted by atomic mass is 10.1. The summed E-state index contributed by atoms with van der Waals surface area (Å²) < 4.78 is 11.4. The predicted octanol–water partition coefficient (Wildman–Crippen LogP) is 1.36. The third-order valence-corrected chi connectivity index (χ3v) is 3.57. The molecule has 2 unspecified atom stereocenters. The van der Waals surface area contributed by atoms with Crippen molar-refractivity contribution in [2.75, 3.05) is 6.61 Å². The molecular weight excluding hydrogens is 246 g/mol. The van der Waals surface area contributed by atoms with Gasteiger partial charge in [-0.1, -0.05) is 12.1 Å². The molecular formula is C14H15NO4. The van der Waals surface area contributed by atoms with Gasteiger partial charge < -0.3 is 9.47 Å². The van der Waals surface area contributed by atoms with Gasteiger partial charge in [0.1, 0.15) is 6.61 Å². The van der Waals surface area contributed by atoms with Gasteiger partial charge in [-0.15, -0.1) is 0 Å². The van der Waals surface area contributed by atoms with E-state index in [1.54, 1.807) is 0 Å². The number of hydrogen-bond donors (Lipinski definition) is 0. The lowest BCUT2D eigenvalue weighted by molar-refractivity contribution is -0.143. The second-order valence-electron chi connectivity index (χ2n) is 4.81. The first-order valence-corrected chi connectivity index (χ1v) is 6.40. The van der Waals surface area contributed by atoms with Crippen LogP contribution < -0.4 is 9.47 Å². The summed E-state index contributed by atoms with van der Waals surface area (Å²) in [6.07, 6.45) is 0.279. The summed E-state index contributed by atoms with van der Waals surface area (Å²) in [6, 6.07) is 7.08. The molecule has 2 aliphatic rings. The topological polar surface area (TPSA) is 55.8 Å². The molecule has 1 saturated heterocycles. The molecule has 3 rings (SSSR count). The van der Waals surface area contributed by atoms with Gasteiger partial charge in [-0.2, -0.15) is 0 Å². The molecule has 2 amide bonds. The second kappa shape index (κ2) is 4.57. The fourth-order valence-electron chi connectivity index (χ4n) is 2.49. The van der Waals surface area contributed by atoms with Crippen LogP contribution >= 0.6 is 0 Å². The zero-order valence-electron chi connectivity index (χ0n) is 10.7. The van der Waals surface area contributed by atoms with Gasteiger partial charge in [0.25, 0.3) is 0 Å². The van der Waals surface area contributed by atoms with Gasteiger partial charge in [-0.3, -0.25) is 14.5 Å². The van der Waals surface area contributed by atoms with Crippen molar-refractivity contribution >= 4 is 11.8 Å². The van der Waals surface area contributed by atoms with Gasteiger partial charge in [-0.25, -0.2) is 0 Å². The van der Waals surface area contributed by atoms with Gasteiger partial charge in [-0.05, 0) is 19.1 Å². The summed E-state index contributed by atoms with van der Waals surface area (Å²) in [6.45, 7) is 2.16. The van der Waals surface area contributed by atoms with Crippen LogP contribution in [0.1, 0.15) is 19.8 Å². The smallest absolute Gasteiger partial charge is 0.230 e. The summed E-state index contributed by atoms with van der Waals surface area (Å²) in [5.74, 6) is 1.11. The number of carbonyl (C=O) groups excluding carboxylic acids is 2. The third-order valence-electron chi connectivity index (χ3n) is 3.57. The molecule has 5 nitrogen and oxygen atoms in total. The minimum absolute atomic E-state index is 0.125. The normalized spacial score (nSPS) is 23.6. The van der Waals surface area contributed by atoms with Crippen LogP contribution in [0.4, 0.5) is 0 Å². The summed E-state index contributed by atoms with van der Waals surface area (Å²) in [4.78, 5) is 24.8. The average Bonchev–Trinajstić information content (AvgIpc) is 2.77. The maximum absolute atomic E-state index is 11.7. The Bertz CT molecular complexity index is 512. The molecule has 0 aliphatic carbocycles. The van der Waals surface area contributed by atoms with E-state index in [0.29, 0.717) is 30.9 Å². The Kier molecular flexibility index (Phi) is 2.89. The van der Waals surface area contributed by atoms with Gasteiger partial charge in [0.05, 0.1) is 6.04 Å². The number of nitrogens with zero attached hydrogens (tertiary/aromatic N) is 1. The number of imide groups is 1. The molecule has 5 heteroatoms. The van der Waals surface area contributed by atoms with E-state index in [9.17, 15) is 9.59 Å². The van der Waals surface area contributed by atoms with Crippen LogP contribution in [0.2, 0.25) is 0 Å². The first-order chi connectivity index (χ1) is 9.16. The van der Waals surface area contributed by atoms with E-state index >= 15 is 0 Å². The molecule has 0 N–H and O–H groups in total. The van der Waals surface area contributed by atoms with E-state index < -0.39 is 0 Å². The fourth-order valence-corrected chi connectivity index (χ4v) is 2.49. The van der Waals surface area contributed by atoms with E-state index in [0.717, 1.165) is 0 Å². The lowest BCUT2D eigenvalue weighted by Gasteiger charge is -2.34. The molecule has 0 aromatic heterocycles. The molecule has 0 bridgehead atoms. The summed E-state index contributed by atoms with van der Waals surface area (Å²) in [5.41, 5.74) is 0. The molecule has 2 heterocycles. The van der Waals surface area contributed by atoms with Gasteiger partial charge in [0, 0.05) is 12.8 Å². The second-order valence-corrected chi connectivity index (χ2v) is 4.81. The van der Waals surface area contributed by atoms with Crippen LogP contribution in [0.15, 0.2) is 24.3 Å². The highest BCUT2D eigenvalue weighted by molar-refractivity contribution is 6.02. The van der Waals surface area contributed by atoms with Gasteiger partial charge in [0.2, 0.25) is 11.8 Å². The number of benzene rings is 1. The number of hydrogen-bond acceptors (Lipinski definition) is 4. The molecule has 19 heavy (non-hydrogen) atoms. The van der Waals surface area contributed by atoms with Crippen LogP contribution in [0.3, 0.4) is 0 Å². The highest BCUT2D eigenvalue weighted by Gasteiger charge is 2.39. The maximum Gasteiger partial charge on any atom is 0.230 e.